The van der Waals surface area contributed by atoms with E-state index >= 15 is 0 Å². The van der Waals surface area contributed by atoms with Crippen molar-refractivity contribution >= 4 is 63.8 Å². The Kier molecular flexibility index (Phi) is 10.3. The molecule has 0 bridgehead atoms. The first-order valence-electron chi connectivity index (χ1n) is 15.1. The smallest absolute Gasteiger partial charge is 0.407 e. The SMILES string of the molecule is CC(C)(C)OC(=O)N[C@H]1CC[C@@H](Nc2ncc3cc(C(=O)Nc4cc(C(=O)NCc5cccc(Cl)c5)ccc4Cl)c(=O)[nH]c3n2)CC1. The number of carbonyl (C=O) groups excluding carboxylic acids is 3. The van der Waals surface area contributed by atoms with Gasteiger partial charge in [0.25, 0.3) is 17.4 Å². The highest BCUT2D eigenvalue weighted by molar-refractivity contribution is 6.34. The highest BCUT2D eigenvalue weighted by atomic mass is 35.5. The standard InChI is InChI=1S/C33H35Cl2N7O5/c1-33(2,3)47-32(46)39-23-10-8-22(9-11-23)38-31-37-17-20-14-24(30(45)41-27(20)42-31)29(44)40-26-15-19(7-12-25(26)35)28(43)36-16-18-5-4-6-21(34)13-18/h4-7,12-15,17,22-23H,8-11,16H2,1-3H3,(H,36,43)(H,39,46)(H,40,44)(H2,37,38,41,42,45)/t22-,23+. The molecule has 1 fully saturated rings. The van der Waals surface area contributed by atoms with Crippen molar-refractivity contribution in [3.05, 3.63) is 91.8 Å². The van der Waals surface area contributed by atoms with Crippen molar-refractivity contribution < 1.29 is 19.1 Å². The molecule has 2 aromatic carbocycles. The molecule has 14 heteroatoms. The maximum Gasteiger partial charge on any atom is 0.407 e. The fraction of sp³-hybridized carbons (Fsp3) is 0.333. The van der Waals surface area contributed by atoms with Gasteiger partial charge in [-0.3, -0.25) is 14.4 Å². The van der Waals surface area contributed by atoms with Crippen LogP contribution in [0.5, 0.6) is 0 Å². The molecule has 0 aliphatic heterocycles. The Morgan fingerprint density at radius 2 is 1.72 bits per heavy atom. The number of halogens is 2. The summed E-state index contributed by atoms with van der Waals surface area (Å²) in [7, 11) is 0. The van der Waals surface area contributed by atoms with E-state index in [-0.39, 0.29) is 52.0 Å². The Labute approximate surface area is 281 Å². The Hall–Kier alpha value is -4.68. The van der Waals surface area contributed by atoms with Gasteiger partial charge < -0.3 is 31.0 Å². The largest absolute Gasteiger partial charge is 0.444 e. The van der Waals surface area contributed by atoms with E-state index in [1.54, 1.807) is 18.2 Å². The van der Waals surface area contributed by atoms with E-state index in [4.69, 9.17) is 27.9 Å². The normalized spacial score (nSPS) is 16.3. The number of alkyl carbamates (subject to hydrolysis) is 1. The summed E-state index contributed by atoms with van der Waals surface area (Å²) in [4.78, 5) is 62.4. The van der Waals surface area contributed by atoms with Crippen LogP contribution in [-0.4, -0.2) is 50.5 Å². The number of carbonyl (C=O) groups is 3. The van der Waals surface area contributed by atoms with E-state index in [1.807, 2.05) is 26.8 Å². The van der Waals surface area contributed by atoms with Gasteiger partial charge in [0.1, 0.15) is 16.8 Å². The van der Waals surface area contributed by atoms with Crippen LogP contribution in [0.15, 0.2) is 59.5 Å². The molecule has 12 nitrogen and oxygen atoms in total. The zero-order chi connectivity index (χ0) is 33.7. The number of hydrogen-bond donors (Lipinski definition) is 5. The molecule has 1 aliphatic rings. The molecule has 1 saturated carbocycles. The minimum absolute atomic E-state index is 0.0237. The third-order valence-electron chi connectivity index (χ3n) is 7.44. The molecule has 0 spiro atoms. The molecule has 0 atom stereocenters. The molecule has 2 heterocycles. The first kappa shape index (κ1) is 33.7. The number of nitrogens with one attached hydrogen (secondary N) is 5. The van der Waals surface area contributed by atoms with Gasteiger partial charge in [-0.1, -0.05) is 35.3 Å². The van der Waals surface area contributed by atoms with Crippen molar-refractivity contribution in [2.45, 2.75) is 70.7 Å². The summed E-state index contributed by atoms with van der Waals surface area (Å²) in [6, 6.07) is 13.1. The van der Waals surface area contributed by atoms with Crippen molar-refractivity contribution in [1.29, 1.82) is 0 Å². The topological polar surface area (TPSA) is 167 Å². The highest BCUT2D eigenvalue weighted by Gasteiger charge is 2.25. The zero-order valence-corrected chi connectivity index (χ0v) is 27.6. The van der Waals surface area contributed by atoms with Crippen molar-refractivity contribution in [1.82, 2.24) is 25.6 Å². The number of hydrogen-bond acceptors (Lipinski definition) is 8. The molecular formula is C33H35Cl2N7O5. The number of H-pyrrole nitrogens is 1. The van der Waals surface area contributed by atoms with Crippen molar-refractivity contribution in [3.63, 3.8) is 0 Å². The van der Waals surface area contributed by atoms with Crippen molar-refractivity contribution in [2.75, 3.05) is 10.6 Å². The number of nitrogens with zero attached hydrogens (tertiary/aromatic N) is 2. The Bertz CT molecular complexity index is 1870. The van der Waals surface area contributed by atoms with Crippen LogP contribution in [-0.2, 0) is 11.3 Å². The molecule has 5 rings (SSSR count). The predicted molar refractivity (Wildman–Crippen MR) is 181 cm³/mol. The van der Waals surface area contributed by atoms with Gasteiger partial charge in [0.05, 0.1) is 10.7 Å². The molecule has 47 heavy (non-hydrogen) atoms. The first-order valence-corrected chi connectivity index (χ1v) is 15.9. The van der Waals surface area contributed by atoms with Gasteiger partial charge in [0, 0.05) is 40.8 Å². The lowest BCUT2D eigenvalue weighted by molar-refractivity contribution is 0.0491. The van der Waals surface area contributed by atoms with Crippen molar-refractivity contribution in [3.8, 4) is 0 Å². The summed E-state index contributed by atoms with van der Waals surface area (Å²) in [5.41, 5.74) is 0.136. The summed E-state index contributed by atoms with van der Waals surface area (Å²) >= 11 is 12.3. The average molecular weight is 681 g/mol. The molecule has 5 N–H and O–H groups in total. The van der Waals surface area contributed by atoms with Gasteiger partial charge in [0.15, 0.2) is 0 Å². The van der Waals surface area contributed by atoms with Gasteiger partial charge in [-0.2, -0.15) is 4.98 Å². The highest BCUT2D eigenvalue weighted by Crippen LogP contribution is 2.25. The molecule has 1 aliphatic carbocycles. The third-order valence-corrected chi connectivity index (χ3v) is 8.00. The molecule has 246 valence electrons. The Morgan fingerprint density at radius 1 is 0.979 bits per heavy atom. The monoisotopic (exact) mass is 679 g/mol. The molecule has 0 radical (unpaired) electrons. The predicted octanol–water partition coefficient (Wildman–Crippen LogP) is 6.06. The maximum absolute atomic E-state index is 13.2. The molecule has 4 aromatic rings. The minimum atomic E-state index is -0.717. The van der Waals surface area contributed by atoms with Gasteiger partial charge in [-0.15, -0.1) is 0 Å². The van der Waals surface area contributed by atoms with E-state index in [0.29, 0.717) is 16.4 Å². The lowest BCUT2D eigenvalue weighted by atomic mass is 9.91. The number of aromatic amines is 1. The van der Waals surface area contributed by atoms with Gasteiger partial charge >= 0.3 is 6.09 Å². The average Bonchev–Trinajstić information content (AvgIpc) is 3.00. The third kappa shape index (κ3) is 9.20. The number of rotatable bonds is 8. The van der Waals surface area contributed by atoms with Crippen LogP contribution in [0.3, 0.4) is 0 Å². The van der Waals surface area contributed by atoms with Crippen LogP contribution in [0.1, 0.15) is 72.7 Å². The van der Waals surface area contributed by atoms with Crippen LogP contribution >= 0.6 is 23.2 Å². The van der Waals surface area contributed by atoms with E-state index < -0.39 is 23.2 Å². The second-order valence-corrected chi connectivity index (χ2v) is 13.2. The minimum Gasteiger partial charge on any atom is -0.444 e. The molecule has 3 amide bonds. The first-order chi connectivity index (χ1) is 22.3. The Balaban J connectivity index is 1.20. The summed E-state index contributed by atoms with van der Waals surface area (Å²) < 4.78 is 5.35. The van der Waals surface area contributed by atoms with Crippen LogP contribution in [0, 0.1) is 0 Å². The fourth-order valence-corrected chi connectivity index (χ4v) is 5.53. The second kappa shape index (κ2) is 14.4. The summed E-state index contributed by atoms with van der Waals surface area (Å²) in [5.74, 6) is -0.760. The Morgan fingerprint density at radius 3 is 2.45 bits per heavy atom. The molecule has 0 saturated heterocycles. The summed E-state index contributed by atoms with van der Waals surface area (Å²) in [6.07, 6.45) is 4.19. The van der Waals surface area contributed by atoms with Crippen LogP contribution in [0.25, 0.3) is 11.0 Å². The maximum atomic E-state index is 13.2. The number of pyridine rings is 1. The quantitative estimate of drug-likeness (QED) is 0.150. The summed E-state index contributed by atoms with van der Waals surface area (Å²) in [6.45, 7) is 5.73. The lowest BCUT2D eigenvalue weighted by Gasteiger charge is -2.30. The van der Waals surface area contributed by atoms with E-state index in [2.05, 4.69) is 36.2 Å². The second-order valence-electron chi connectivity index (χ2n) is 12.3. The number of fused-ring (bicyclic) bond motifs is 1. The van der Waals surface area contributed by atoms with E-state index in [1.165, 1.54) is 30.5 Å². The number of amides is 3. The zero-order valence-electron chi connectivity index (χ0n) is 26.1. The number of anilines is 2. The summed E-state index contributed by atoms with van der Waals surface area (Å²) in [5, 5.41) is 12.8. The number of ether oxygens (including phenoxy) is 1. The number of aromatic nitrogens is 3. The van der Waals surface area contributed by atoms with Gasteiger partial charge in [-0.05, 0) is 88.4 Å². The molecule has 0 unspecified atom stereocenters. The lowest BCUT2D eigenvalue weighted by Crippen LogP contribution is -2.42. The number of benzene rings is 2. The van der Waals surface area contributed by atoms with E-state index in [9.17, 15) is 19.2 Å². The van der Waals surface area contributed by atoms with Crippen LogP contribution < -0.4 is 26.8 Å². The van der Waals surface area contributed by atoms with Gasteiger partial charge in [-0.25, -0.2) is 9.78 Å². The fourth-order valence-electron chi connectivity index (χ4n) is 5.15. The molecular weight excluding hydrogens is 645 g/mol. The molecule has 2 aromatic heterocycles. The van der Waals surface area contributed by atoms with E-state index in [0.717, 1.165) is 31.2 Å². The van der Waals surface area contributed by atoms with Gasteiger partial charge in [0.2, 0.25) is 5.95 Å². The van der Waals surface area contributed by atoms with Crippen LogP contribution in [0.4, 0.5) is 16.4 Å². The van der Waals surface area contributed by atoms with Crippen molar-refractivity contribution in [2.24, 2.45) is 0 Å². The van der Waals surface area contributed by atoms with Crippen LogP contribution in [0.2, 0.25) is 10.0 Å².